The average Bonchev–Trinajstić information content (AvgIpc) is 2.41. The highest BCUT2D eigenvalue weighted by atomic mass is 32.2. The monoisotopic (exact) mass is 243 g/mol. The van der Waals surface area contributed by atoms with Gasteiger partial charge in [-0.25, -0.2) is 0 Å². The van der Waals surface area contributed by atoms with Crippen LogP contribution in [0.4, 0.5) is 0 Å². The van der Waals surface area contributed by atoms with E-state index >= 15 is 0 Å². The number of rotatable bonds is 2. The molecule has 1 saturated heterocycles. The first kappa shape index (κ1) is 14.4. The summed E-state index contributed by atoms with van der Waals surface area (Å²) in [6, 6.07) is 0.748. The molecule has 1 rings (SSSR count). The lowest BCUT2D eigenvalue weighted by Gasteiger charge is -2.35. The van der Waals surface area contributed by atoms with Crippen LogP contribution in [-0.2, 0) is 0 Å². The third-order valence-electron chi connectivity index (χ3n) is 3.15. The summed E-state index contributed by atoms with van der Waals surface area (Å²) in [4.78, 5) is 2.66. The zero-order valence-corrected chi connectivity index (χ0v) is 12.9. The Labute approximate surface area is 106 Å². The molecule has 1 aliphatic rings. The molecule has 0 radical (unpaired) electrons. The topological polar surface area (TPSA) is 3.24 Å². The van der Waals surface area contributed by atoms with Crippen LogP contribution in [0.25, 0.3) is 0 Å². The lowest BCUT2D eigenvalue weighted by atomic mass is 10.0. The molecule has 1 heterocycles. The zero-order chi connectivity index (χ0) is 12.6. The highest BCUT2D eigenvalue weighted by molar-refractivity contribution is 7.99. The first-order valence-corrected chi connectivity index (χ1v) is 7.53. The largest absolute Gasteiger partial charge is 0.295 e. The van der Waals surface area contributed by atoms with Crippen molar-refractivity contribution in [2.45, 2.75) is 71.7 Å². The van der Waals surface area contributed by atoms with Crippen LogP contribution in [-0.4, -0.2) is 34.0 Å². The van der Waals surface area contributed by atoms with Crippen molar-refractivity contribution in [1.82, 2.24) is 4.90 Å². The van der Waals surface area contributed by atoms with Crippen molar-refractivity contribution in [3.63, 3.8) is 0 Å². The highest BCUT2D eigenvalue weighted by Gasteiger charge is 2.36. The molecule has 0 amide bonds. The van der Waals surface area contributed by atoms with Gasteiger partial charge in [-0.2, -0.15) is 11.8 Å². The number of nitrogens with zero attached hydrogens (tertiary/aromatic N) is 1. The van der Waals surface area contributed by atoms with Gasteiger partial charge in [-0.1, -0.05) is 20.8 Å². The second-order valence-corrected chi connectivity index (χ2v) is 8.69. The molecule has 0 aromatic rings. The molecule has 0 bridgehead atoms. The van der Waals surface area contributed by atoms with Gasteiger partial charge in [0.1, 0.15) is 0 Å². The Hall–Kier alpha value is 0.310. The van der Waals surface area contributed by atoms with Crippen molar-refractivity contribution < 1.29 is 0 Å². The molecule has 0 saturated carbocycles. The van der Waals surface area contributed by atoms with Crippen molar-refractivity contribution in [1.29, 1.82) is 0 Å². The number of thioether (sulfide) groups is 1. The summed E-state index contributed by atoms with van der Waals surface area (Å²) in [7, 11) is 0. The fourth-order valence-corrected chi connectivity index (χ4v) is 3.82. The normalized spacial score (nSPS) is 28.7. The second kappa shape index (κ2) is 4.89. The Balaban J connectivity index is 2.45. The molecule has 2 unspecified atom stereocenters. The molecule has 2 heteroatoms. The molecule has 0 N–H and O–H groups in total. The van der Waals surface area contributed by atoms with Gasteiger partial charge in [0.2, 0.25) is 0 Å². The van der Waals surface area contributed by atoms with E-state index in [1.54, 1.807) is 0 Å². The van der Waals surface area contributed by atoms with E-state index in [1.165, 1.54) is 18.7 Å². The predicted molar refractivity (Wildman–Crippen MR) is 76.2 cm³/mol. The summed E-state index contributed by atoms with van der Waals surface area (Å²) in [5.74, 6) is 1.28. The van der Waals surface area contributed by atoms with E-state index < -0.39 is 0 Å². The van der Waals surface area contributed by atoms with Crippen LogP contribution >= 0.6 is 11.8 Å². The maximum absolute atomic E-state index is 2.66. The Morgan fingerprint density at radius 2 is 1.69 bits per heavy atom. The Morgan fingerprint density at radius 3 is 2.06 bits per heavy atom. The fraction of sp³-hybridized carbons (Fsp3) is 1.00. The van der Waals surface area contributed by atoms with Crippen molar-refractivity contribution in [2.24, 2.45) is 5.41 Å². The molecular formula is C14H29NS. The maximum atomic E-state index is 2.66. The summed E-state index contributed by atoms with van der Waals surface area (Å²) in [5.41, 5.74) is 0.791. The number of likely N-dealkylation sites (tertiary alicyclic amines) is 1. The molecular weight excluding hydrogens is 214 g/mol. The van der Waals surface area contributed by atoms with Crippen LogP contribution in [0.1, 0.15) is 54.9 Å². The van der Waals surface area contributed by atoms with Crippen LogP contribution in [0.15, 0.2) is 0 Å². The number of hydrogen-bond donors (Lipinski definition) is 0. The van der Waals surface area contributed by atoms with Crippen LogP contribution in [0.2, 0.25) is 0 Å². The minimum atomic E-state index is 0.330. The molecule has 0 aromatic heterocycles. The van der Waals surface area contributed by atoms with Gasteiger partial charge in [0.25, 0.3) is 0 Å². The maximum Gasteiger partial charge on any atom is 0.0190 e. The highest BCUT2D eigenvalue weighted by Crippen LogP contribution is 2.34. The van der Waals surface area contributed by atoms with Crippen LogP contribution < -0.4 is 0 Å². The summed E-state index contributed by atoms with van der Waals surface area (Å²) in [5, 5.41) is 0.841. The van der Waals surface area contributed by atoms with Gasteiger partial charge >= 0.3 is 0 Å². The van der Waals surface area contributed by atoms with Gasteiger partial charge in [-0.05, 0) is 45.3 Å². The molecule has 1 fully saturated rings. The van der Waals surface area contributed by atoms with Gasteiger partial charge in [0, 0.05) is 23.4 Å². The molecule has 16 heavy (non-hydrogen) atoms. The van der Waals surface area contributed by atoms with Crippen molar-refractivity contribution in [3.8, 4) is 0 Å². The SMILES string of the molecule is CC1CC(SCC(C)(C)C)CN1C(C)(C)C. The fourth-order valence-electron chi connectivity index (χ4n) is 2.41. The number of hydrogen-bond acceptors (Lipinski definition) is 2. The summed E-state index contributed by atoms with van der Waals surface area (Å²) in [6.07, 6.45) is 1.36. The van der Waals surface area contributed by atoms with Gasteiger partial charge in [-0.15, -0.1) is 0 Å². The van der Waals surface area contributed by atoms with E-state index in [0.717, 1.165) is 11.3 Å². The van der Waals surface area contributed by atoms with Crippen LogP contribution in [0.5, 0.6) is 0 Å². The van der Waals surface area contributed by atoms with E-state index in [-0.39, 0.29) is 0 Å². The minimum Gasteiger partial charge on any atom is -0.295 e. The molecule has 1 aliphatic heterocycles. The predicted octanol–water partition coefficient (Wildman–Crippen LogP) is 4.03. The van der Waals surface area contributed by atoms with Crippen molar-refractivity contribution >= 4 is 11.8 Å². The van der Waals surface area contributed by atoms with Gasteiger partial charge in [0.15, 0.2) is 0 Å². The van der Waals surface area contributed by atoms with E-state index in [4.69, 9.17) is 0 Å². The summed E-state index contributed by atoms with van der Waals surface area (Å²) in [6.45, 7) is 17.6. The molecule has 1 nitrogen and oxygen atoms in total. The molecule has 96 valence electrons. The Morgan fingerprint density at radius 1 is 1.12 bits per heavy atom. The van der Waals surface area contributed by atoms with Crippen LogP contribution in [0, 0.1) is 5.41 Å². The first-order chi connectivity index (χ1) is 7.09. The summed E-state index contributed by atoms with van der Waals surface area (Å²) < 4.78 is 0. The van der Waals surface area contributed by atoms with Crippen molar-refractivity contribution in [2.75, 3.05) is 12.3 Å². The van der Waals surface area contributed by atoms with Gasteiger partial charge in [-0.3, -0.25) is 4.90 Å². The second-order valence-electron chi connectivity index (χ2n) is 7.40. The quantitative estimate of drug-likeness (QED) is 0.720. The minimum absolute atomic E-state index is 0.330. The van der Waals surface area contributed by atoms with Crippen molar-refractivity contribution in [3.05, 3.63) is 0 Å². The third-order valence-corrected chi connectivity index (χ3v) is 5.00. The first-order valence-electron chi connectivity index (χ1n) is 6.48. The third kappa shape index (κ3) is 4.29. The standard InChI is InChI=1S/C14H29NS/c1-11-8-12(16-10-13(2,3)4)9-15(11)14(5,6)7/h11-12H,8-10H2,1-7H3. The zero-order valence-electron chi connectivity index (χ0n) is 12.1. The lowest BCUT2D eigenvalue weighted by Crippen LogP contribution is -2.43. The smallest absolute Gasteiger partial charge is 0.0190 e. The van der Waals surface area contributed by atoms with E-state index in [2.05, 4.69) is 65.1 Å². The molecule has 2 atom stereocenters. The van der Waals surface area contributed by atoms with Gasteiger partial charge < -0.3 is 0 Å². The van der Waals surface area contributed by atoms with Crippen LogP contribution in [0.3, 0.4) is 0 Å². The van der Waals surface area contributed by atoms with Gasteiger partial charge in [0.05, 0.1) is 0 Å². The van der Waals surface area contributed by atoms with E-state index in [9.17, 15) is 0 Å². The summed E-state index contributed by atoms with van der Waals surface area (Å²) >= 11 is 2.17. The van der Waals surface area contributed by atoms with E-state index in [1.807, 2.05) is 0 Å². The van der Waals surface area contributed by atoms with E-state index in [0.29, 0.717) is 11.0 Å². The average molecular weight is 243 g/mol. The molecule has 0 aliphatic carbocycles. The Bertz CT molecular complexity index is 224. The Kier molecular flexibility index (Phi) is 4.40. The molecule has 0 aromatic carbocycles. The molecule has 0 spiro atoms. The lowest BCUT2D eigenvalue weighted by molar-refractivity contribution is 0.131.